The molecule has 2 aromatic rings. The molecule has 1 fully saturated rings. The molecule has 41 heavy (non-hydrogen) atoms. The Labute approximate surface area is 253 Å². The van der Waals surface area contributed by atoms with Crippen molar-refractivity contribution in [2.24, 2.45) is 4.99 Å². The predicted octanol–water partition coefficient (Wildman–Crippen LogP) is 3.04. The Kier molecular flexibility index (Phi) is 9.85. The zero-order valence-corrected chi connectivity index (χ0v) is 26.5. The molecule has 0 aliphatic carbocycles. The van der Waals surface area contributed by atoms with Crippen LogP contribution < -0.4 is 15.5 Å². The van der Waals surface area contributed by atoms with Gasteiger partial charge in [-0.2, -0.15) is 0 Å². The van der Waals surface area contributed by atoms with E-state index in [1.807, 2.05) is 44.1 Å². The number of likely N-dealkylation sites (N-methyl/N-ethyl adjacent to an activating group) is 1. The number of piperidine rings is 1. The van der Waals surface area contributed by atoms with Crippen molar-refractivity contribution < 1.29 is 19.1 Å². The number of nitrogens with zero attached hydrogens (tertiary/aromatic N) is 5. The number of ether oxygens (including phenoxy) is 2. The number of amides is 1. The van der Waals surface area contributed by atoms with Crippen LogP contribution in [-0.2, 0) is 9.47 Å². The Bertz CT molecular complexity index is 1360. The van der Waals surface area contributed by atoms with Gasteiger partial charge in [-0.25, -0.2) is 14.8 Å². The molecule has 0 saturated carbocycles. The Hall–Kier alpha value is -2.84. The molecule has 2 aromatic heterocycles. The van der Waals surface area contributed by atoms with Gasteiger partial charge in [-0.1, -0.05) is 34.5 Å². The molecule has 12 nitrogen and oxygen atoms in total. The molecule has 0 spiro atoms. The van der Waals surface area contributed by atoms with Crippen molar-refractivity contribution in [3.63, 3.8) is 0 Å². The first kappa shape index (κ1) is 31.1. The van der Waals surface area contributed by atoms with Crippen molar-refractivity contribution in [3.8, 4) is 0 Å². The molecule has 0 bridgehead atoms. The van der Waals surface area contributed by atoms with E-state index >= 15 is 0 Å². The van der Waals surface area contributed by atoms with Crippen molar-refractivity contribution in [1.82, 2.24) is 30.4 Å². The lowest BCUT2D eigenvalue weighted by Crippen LogP contribution is -2.55. The Balaban J connectivity index is 1.59. The molecule has 2 aliphatic rings. The van der Waals surface area contributed by atoms with Crippen LogP contribution in [0.1, 0.15) is 44.9 Å². The number of esters is 1. The second-order valence-electron chi connectivity index (χ2n) is 10.2. The van der Waals surface area contributed by atoms with Crippen LogP contribution >= 0.6 is 34.5 Å². The third-order valence-corrected chi connectivity index (χ3v) is 8.86. The summed E-state index contributed by atoms with van der Waals surface area (Å²) in [6.45, 7) is 4.80. The molecule has 0 aromatic carbocycles. The number of aromatic amines is 1. The van der Waals surface area contributed by atoms with Crippen LogP contribution in [0.15, 0.2) is 11.1 Å². The van der Waals surface area contributed by atoms with Crippen LogP contribution in [0.4, 0.5) is 5.13 Å². The zero-order chi connectivity index (χ0) is 30.0. The van der Waals surface area contributed by atoms with E-state index in [1.54, 1.807) is 21.0 Å². The number of nitrogens with one attached hydrogen (secondary N) is 3. The summed E-state index contributed by atoms with van der Waals surface area (Å²) in [6, 6.07) is -0.270. The molecular formula is C26H36Cl2N8O4S. The summed E-state index contributed by atoms with van der Waals surface area (Å²) in [6.07, 6.45) is 1.78. The number of methoxy groups -OCH3 is 1. The molecule has 4 rings (SSSR count). The van der Waals surface area contributed by atoms with Gasteiger partial charge in [-0.05, 0) is 34.4 Å². The highest BCUT2D eigenvalue weighted by Crippen LogP contribution is 2.34. The quantitative estimate of drug-likeness (QED) is 0.379. The summed E-state index contributed by atoms with van der Waals surface area (Å²) in [5.41, 5.74) is 2.03. The Morgan fingerprint density at radius 2 is 1.98 bits per heavy atom. The number of rotatable bonds is 8. The van der Waals surface area contributed by atoms with Crippen molar-refractivity contribution in [3.05, 3.63) is 38.1 Å². The smallest absolute Gasteiger partial charge is 0.350 e. The topological polar surface area (TPSA) is 127 Å². The Morgan fingerprint density at radius 1 is 1.24 bits per heavy atom. The van der Waals surface area contributed by atoms with E-state index in [1.165, 1.54) is 11.3 Å². The van der Waals surface area contributed by atoms with E-state index in [2.05, 4.69) is 20.5 Å². The van der Waals surface area contributed by atoms with Crippen molar-refractivity contribution in [2.75, 3.05) is 59.9 Å². The second-order valence-corrected chi connectivity index (χ2v) is 11.9. The van der Waals surface area contributed by atoms with E-state index in [-0.39, 0.29) is 41.7 Å². The van der Waals surface area contributed by atoms with Crippen LogP contribution in [0.3, 0.4) is 0 Å². The number of halogens is 2. The monoisotopic (exact) mass is 626 g/mol. The molecule has 4 heterocycles. The summed E-state index contributed by atoms with van der Waals surface area (Å²) >= 11 is 13.7. The first-order valence-electron chi connectivity index (χ1n) is 13.1. The number of anilines is 1. The molecule has 3 N–H and O–H groups in total. The largest absolute Gasteiger partial charge is 0.462 e. The first-order chi connectivity index (χ1) is 19.4. The van der Waals surface area contributed by atoms with E-state index in [9.17, 15) is 9.59 Å². The minimum atomic E-state index is -0.438. The molecule has 1 amide bonds. The van der Waals surface area contributed by atoms with Crippen molar-refractivity contribution >= 4 is 63.1 Å². The molecule has 3 atom stereocenters. The summed E-state index contributed by atoms with van der Waals surface area (Å²) in [4.78, 5) is 44.9. The van der Waals surface area contributed by atoms with Crippen molar-refractivity contribution in [2.45, 2.75) is 38.7 Å². The lowest BCUT2D eigenvalue weighted by atomic mass is 10.0. The minimum Gasteiger partial charge on any atom is -0.462 e. The number of amidine groups is 1. The number of aryl methyl sites for hydroxylation is 1. The van der Waals surface area contributed by atoms with Gasteiger partial charge in [0, 0.05) is 46.1 Å². The summed E-state index contributed by atoms with van der Waals surface area (Å²) in [7, 11) is 9.27. The number of aliphatic imine (C=N–C) groups is 1. The maximum Gasteiger partial charge on any atom is 0.350 e. The van der Waals surface area contributed by atoms with Gasteiger partial charge in [0.25, 0.3) is 5.91 Å². The summed E-state index contributed by atoms with van der Waals surface area (Å²) in [5, 5.41) is 7.58. The van der Waals surface area contributed by atoms with Crippen LogP contribution in [-0.4, -0.2) is 111 Å². The van der Waals surface area contributed by atoms with Gasteiger partial charge in [0.05, 0.1) is 34.5 Å². The summed E-state index contributed by atoms with van der Waals surface area (Å²) in [5.74, 6) is -0.0429. The number of aromatic nitrogens is 2. The van der Waals surface area contributed by atoms with E-state index in [0.29, 0.717) is 51.6 Å². The normalized spacial score (nSPS) is 20.8. The lowest BCUT2D eigenvalue weighted by molar-refractivity contribution is 0.0530. The third-order valence-electron chi connectivity index (χ3n) is 6.82. The van der Waals surface area contributed by atoms with Gasteiger partial charge < -0.3 is 34.9 Å². The molecule has 1 unspecified atom stereocenters. The van der Waals surface area contributed by atoms with E-state index in [4.69, 9.17) is 42.7 Å². The average molecular weight is 628 g/mol. The lowest BCUT2D eigenvalue weighted by Gasteiger charge is -2.37. The van der Waals surface area contributed by atoms with Gasteiger partial charge >= 0.3 is 5.97 Å². The SMILES string of the molecule is CCOC(=O)c1sc(N2CC[C@@H](NC(=O)c3[nH]c(C)c(Cl)c3Cl)[C@@H](OC)C2)nc1C1=CC(N(C)C)=NC(N(C)C)N1. The first-order valence-corrected chi connectivity index (χ1v) is 14.7. The third kappa shape index (κ3) is 6.64. The highest BCUT2D eigenvalue weighted by atomic mass is 35.5. The number of thiazole rings is 1. The van der Waals surface area contributed by atoms with Gasteiger partial charge in [0.15, 0.2) is 11.4 Å². The van der Waals surface area contributed by atoms with Crippen LogP contribution in [0, 0.1) is 6.92 Å². The van der Waals surface area contributed by atoms with Gasteiger partial charge in [-0.3, -0.25) is 9.69 Å². The van der Waals surface area contributed by atoms with Crippen molar-refractivity contribution in [1.29, 1.82) is 0 Å². The standard InChI is InChI=1S/C26H36Cl2N8O4S/c1-8-40-24(38)22-20(15-11-17(34(3)4)32-25(31-15)35(5)6)33-26(41-22)36-10-9-14(16(12-36)39-7)30-23(37)21-19(28)18(27)13(2)29-21/h11,14,16,25,29,31H,8-10,12H2,1-7H3,(H,30,37)/t14-,16+,25?/m1/s1. The van der Waals surface area contributed by atoms with E-state index < -0.39 is 5.97 Å². The number of hydrogen-bond acceptors (Lipinski definition) is 11. The second kappa shape index (κ2) is 13.0. The maximum atomic E-state index is 13.0. The van der Waals surface area contributed by atoms with Crippen LogP contribution in [0.2, 0.25) is 10.0 Å². The molecule has 1 saturated heterocycles. The number of carbonyl (C=O) groups excluding carboxylic acids is 2. The number of carbonyl (C=O) groups is 2. The fourth-order valence-corrected chi connectivity index (χ4v) is 5.98. The summed E-state index contributed by atoms with van der Waals surface area (Å²) < 4.78 is 11.2. The van der Waals surface area contributed by atoms with Gasteiger partial charge in [0.1, 0.15) is 22.1 Å². The zero-order valence-electron chi connectivity index (χ0n) is 24.2. The highest BCUT2D eigenvalue weighted by molar-refractivity contribution is 7.17. The van der Waals surface area contributed by atoms with Crippen LogP contribution in [0.5, 0.6) is 0 Å². The maximum absolute atomic E-state index is 13.0. The van der Waals surface area contributed by atoms with Gasteiger partial charge in [-0.15, -0.1) is 0 Å². The van der Waals surface area contributed by atoms with E-state index in [0.717, 1.165) is 5.84 Å². The molecular weight excluding hydrogens is 591 g/mol. The molecule has 0 radical (unpaired) electrons. The number of hydrogen-bond donors (Lipinski definition) is 3. The predicted molar refractivity (Wildman–Crippen MR) is 162 cm³/mol. The molecule has 224 valence electrons. The highest BCUT2D eigenvalue weighted by Gasteiger charge is 2.35. The minimum absolute atomic E-state index is 0.194. The van der Waals surface area contributed by atoms with Crippen LogP contribution in [0.25, 0.3) is 5.70 Å². The Morgan fingerprint density at radius 3 is 2.56 bits per heavy atom. The fraction of sp³-hybridized carbons (Fsp3) is 0.538. The molecule has 2 aliphatic heterocycles. The average Bonchev–Trinajstić information content (AvgIpc) is 3.50. The fourth-order valence-electron chi connectivity index (χ4n) is 4.55. The molecule has 15 heteroatoms. The van der Waals surface area contributed by atoms with Gasteiger partial charge in [0.2, 0.25) is 0 Å². The number of H-pyrrole nitrogens is 1.